The van der Waals surface area contributed by atoms with Crippen LogP contribution in [-0.4, -0.2) is 24.5 Å². The molecule has 9 heavy (non-hydrogen) atoms. The van der Waals surface area contributed by atoms with Gasteiger partial charge in [-0.1, -0.05) is 20.8 Å². The molecule has 0 aliphatic carbocycles. The van der Waals surface area contributed by atoms with Gasteiger partial charge in [0.1, 0.15) is 0 Å². The molecule has 0 aliphatic rings. The lowest BCUT2D eigenvalue weighted by Gasteiger charge is -2.13. The summed E-state index contributed by atoms with van der Waals surface area (Å²) in [5.41, 5.74) is 0. The first-order chi connectivity index (χ1) is 4.35. The Kier molecular flexibility index (Phi) is 17.6. The summed E-state index contributed by atoms with van der Waals surface area (Å²) in [6.07, 6.45) is 0. The topological polar surface area (TPSA) is 3.24 Å². The average molecular weight is 355 g/mol. The lowest BCUT2D eigenvalue weighted by Crippen LogP contribution is -2.21. The lowest BCUT2D eigenvalue weighted by molar-refractivity contribution is 0.321. The van der Waals surface area contributed by atoms with Crippen molar-refractivity contribution in [3.05, 3.63) is 0 Å². The molecule has 0 aromatic heterocycles. The van der Waals surface area contributed by atoms with Crippen molar-refractivity contribution in [3.8, 4) is 0 Å². The second kappa shape index (κ2) is 12.1. The predicted molar refractivity (Wildman–Crippen MR) is 61.5 cm³/mol. The van der Waals surface area contributed by atoms with Crippen LogP contribution in [0.3, 0.4) is 0 Å². The van der Waals surface area contributed by atoms with Gasteiger partial charge in [0.25, 0.3) is 0 Å². The predicted octanol–water partition coefficient (Wildman–Crippen LogP) is 3.12. The van der Waals surface area contributed by atoms with Gasteiger partial charge in [-0.05, 0) is 19.6 Å². The molecule has 0 heterocycles. The SMILES string of the molecule is CCN(CC)CC.II. The zero-order valence-corrected chi connectivity index (χ0v) is 10.6. The van der Waals surface area contributed by atoms with Crippen molar-refractivity contribution in [1.82, 2.24) is 4.90 Å². The van der Waals surface area contributed by atoms with E-state index < -0.39 is 0 Å². The van der Waals surface area contributed by atoms with Crippen molar-refractivity contribution in [2.24, 2.45) is 0 Å². The average Bonchev–Trinajstić information content (AvgIpc) is 1.96. The van der Waals surface area contributed by atoms with Gasteiger partial charge in [0, 0.05) is 37.2 Å². The molecule has 0 bridgehead atoms. The van der Waals surface area contributed by atoms with Crippen LogP contribution in [0, 0.1) is 0 Å². The fourth-order valence-electron chi connectivity index (χ4n) is 0.671. The molecule has 0 radical (unpaired) electrons. The molecular formula is C6H15I2N. The maximum Gasteiger partial charge on any atom is 0 e. The molecule has 1 nitrogen and oxygen atoms in total. The van der Waals surface area contributed by atoms with Crippen LogP contribution in [0.4, 0.5) is 0 Å². The van der Waals surface area contributed by atoms with Crippen LogP contribution in [0.25, 0.3) is 0 Å². The third-order valence-electron chi connectivity index (χ3n) is 1.34. The van der Waals surface area contributed by atoms with Gasteiger partial charge in [0.15, 0.2) is 0 Å². The highest BCUT2D eigenvalue weighted by atomic mass is 128. The minimum Gasteiger partial charge on any atom is -0.304 e. The van der Waals surface area contributed by atoms with E-state index in [2.05, 4.69) is 62.9 Å². The zero-order chi connectivity index (χ0) is 7.70. The monoisotopic (exact) mass is 355 g/mol. The Labute approximate surface area is 81.9 Å². The zero-order valence-electron chi connectivity index (χ0n) is 6.32. The molecule has 0 N–H and O–H groups in total. The third kappa shape index (κ3) is 9.42. The molecule has 0 rings (SSSR count). The Morgan fingerprint density at radius 2 is 1.11 bits per heavy atom. The van der Waals surface area contributed by atoms with Crippen molar-refractivity contribution in [2.75, 3.05) is 19.6 Å². The third-order valence-corrected chi connectivity index (χ3v) is 1.34. The van der Waals surface area contributed by atoms with Crippen LogP contribution < -0.4 is 0 Å². The van der Waals surface area contributed by atoms with E-state index >= 15 is 0 Å². The molecule has 0 saturated carbocycles. The number of halogens is 2. The van der Waals surface area contributed by atoms with Gasteiger partial charge < -0.3 is 4.90 Å². The van der Waals surface area contributed by atoms with E-state index in [-0.39, 0.29) is 0 Å². The summed E-state index contributed by atoms with van der Waals surface area (Å²) < 4.78 is 0. The molecule has 3 heteroatoms. The second-order valence-corrected chi connectivity index (χ2v) is 1.62. The standard InChI is InChI=1S/C6H15N.I2/c1-4-7(5-2)6-3;1-2/h4-6H2,1-3H3;. The van der Waals surface area contributed by atoms with E-state index in [0.29, 0.717) is 0 Å². The molecule has 0 aromatic carbocycles. The fraction of sp³-hybridized carbons (Fsp3) is 1.00. The van der Waals surface area contributed by atoms with E-state index in [1.807, 2.05) is 0 Å². The van der Waals surface area contributed by atoms with Crippen molar-refractivity contribution >= 4 is 37.2 Å². The maximum absolute atomic E-state index is 2.38. The highest BCUT2D eigenvalue weighted by molar-refractivity contribution is 15.0. The van der Waals surface area contributed by atoms with Crippen LogP contribution in [0.15, 0.2) is 0 Å². The van der Waals surface area contributed by atoms with Crippen LogP contribution >= 0.6 is 37.2 Å². The Morgan fingerprint density at radius 1 is 0.889 bits per heavy atom. The number of hydrogen-bond donors (Lipinski definition) is 0. The van der Waals surface area contributed by atoms with Crippen molar-refractivity contribution in [1.29, 1.82) is 0 Å². The summed E-state index contributed by atoms with van der Waals surface area (Å²) in [6, 6.07) is 0. The maximum atomic E-state index is 2.38. The summed E-state index contributed by atoms with van der Waals surface area (Å²) in [7, 11) is 0. The summed E-state index contributed by atoms with van der Waals surface area (Å²) in [5.74, 6) is 0. The van der Waals surface area contributed by atoms with Gasteiger partial charge in [-0.2, -0.15) is 0 Å². The van der Waals surface area contributed by atoms with Gasteiger partial charge >= 0.3 is 0 Å². The van der Waals surface area contributed by atoms with Crippen LogP contribution in [-0.2, 0) is 0 Å². The number of nitrogens with zero attached hydrogens (tertiary/aromatic N) is 1. The highest BCUT2D eigenvalue weighted by Crippen LogP contribution is 1.89. The molecule has 0 amide bonds. The first-order valence-corrected chi connectivity index (χ1v) is 9.50. The quantitative estimate of drug-likeness (QED) is 0.704. The van der Waals surface area contributed by atoms with E-state index in [0.717, 1.165) is 0 Å². The largest absolute Gasteiger partial charge is 0.304 e. The summed E-state index contributed by atoms with van der Waals surface area (Å²) in [6.45, 7) is 10.1. The van der Waals surface area contributed by atoms with Gasteiger partial charge in [0.05, 0.1) is 0 Å². The molecule has 58 valence electrons. The summed E-state index contributed by atoms with van der Waals surface area (Å²) in [5, 5.41) is 0. The summed E-state index contributed by atoms with van der Waals surface area (Å²) in [4.78, 5) is 2.38. The van der Waals surface area contributed by atoms with Gasteiger partial charge in [-0.15, -0.1) is 0 Å². The normalized spacial score (nSPS) is 8.67. The number of rotatable bonds is 3. The highest BCUT2D eigenvalue weighted by Gasteiger charge is 1.89. The van der Waals surface area contributed by atoms with Crippen molar-refractivity contribution in [3.63, 3.8) is 0 Å². The molecule has 0 atom stereocenters. The van der Waals surface area contributed by atoms with E-state index in [1.165, 1.54) is 19.6 Å². The second-order valence-electron chi connectivity index (χ2n) is 1.62. The Balaban J connectivity index is 0. The van der Waals surface area contributed by atoms with E-state index in [1.54, 1.807) is 0 Å². The smallest absolute Gasteiger partial charge is 0 e. The minimum absolute atomic E-state index is 1.19. The Morgan fingerprint density at radius 3 is 1.11 bits per heavy atom. The van der Waals surface area contributed by atoms with Crippen molar-refractivity contribution < 1.29 is 0 Å². The molecule has 0 unspecified atom stereocenters. The fourth-order valence-corrected chi connectivity index (χ4v) is 0.671. The molecule has 0 aliphatic heterocycles. The number of hydrogen-bond acceptors (Lipinski definition) is 1. The first kappa shape index (κ1) is 13.0. The van der Waals surface area contributed by atoms with Gasteiger partial charge in [-0.25, -0.2) is 0 Å². The molecule has 0 saturated heterocycles. The Bertz CT molecular complexity index is 32.5. The van der Waals surface area contributed by atoms with Crippen LogP contribution in [0.1, 0.15) is 20.8 Å². The molecular weight excluding hydrogens is 340 g/mol. The molecule has 0 spiro atoms. The molecule has 0 fully saturated rings. The first-order valence-electron chi connectivity index (χ1n) is 3.21. The van der Waals surface area contributed by atoms with Gasteiger partial charge in [-0.3, -0.25) is 0 Å². The van der Waals surface area contributed by atoms with Crippen LogP contribution in [0.5, 0.6) is 0 Å². The minimum atomic E-state index is 1.19. The van der Waals surface area contributed by atoms with E-state index in [9.17, 15) is 0 Å². The lowest BCUT2D eigenvalue weighted by atomic mass is 10.5. The summed E-state index contributed by atoms with van der Waals surface area (Å²) >= 11 is 4.24. The van der Waals surface area contributed by atoms with E-state index in [4.69, 9.17) is 0 Å². The van der Waals surface area contributed by atoms with Crippen LogP contribution in [0.2, 0.25) is 0 Å². The van der Waals surface area contributed by atoms with Crippen molar-refractivity contribution in [2.45, 2.75) is 20.8 Å². The van der Waals surface area contributed by atoms with Gasteiger partial charge in [0.2, 0.25) is 0 Å². The molecule has 0 aromatic rings. The Hall–Kier alpha value is 1.42.